The first-order valence-electron chi connectivity index (χ1n) is 13.6. The summed E-state index contributed by atoms with van der Waals surface area (Å²) in [4.78, 5) is 32.1. The topological polar surface area (TPSA) is 79.1 Å². The maximum absolute atomic E-state index is 13.9. The highest BCUT2D eigenvalue weighted by Crippen LogP contribution is 2.32. The van der Waals surface area contributed by atoms with E-state index < -0.39 is 12.0 Å². The van der Waals surface area contributed by atoms with Gasteiger partial charge < -0.3 is 14.2 Å². The summed E-state index contributed by atoms with van der Waals surface area (Å²) in [5, 5.41) is 0. The number of benzene rings is 3. The Kier molecular flexibility index (Phi) is 8.50. The van der Waals surface area contributed by atoms with Gasteiger partial charge in [-0.05, 0) is 62.6 Å². The average Bonchev–Trinajstić information content (AvgIpc) is 3.27. The number of allylic oxidation sites excluding steroid dienone is 1. The molecule has 1 aromatic heterocycles. The van der Waals surface area contributed by atoms with E-state index in [-0.39, 0.29) is 12.2 Å². The molecule has 0 bridgehead atoms. The monoisotopic (exact) mass is 568 g/mol. The Bertz CT molecular complexity index is 1770. The van der Waals surface area contributed by atoms with Crippen molar-refractivity contribution in [2.45, 2.75) is 40.3 Å². The molecule has 0 unspecified atom stereocenters. The molecule has 0 radical (unpaired) electrons. The van der Waals surface area contributed by atoms with Crippen molar-refractivity contribution < 1.29 is 19.0 Å². The number of hydrogen-bond acceptors (Lipinski definition) is 7. The molecule has 0 N–H and O–H groups in total. The van der Waals surface area contributed by atoms with Gasteiger partial charge in [0, 0.05) is 0 Å². The van der Waals surface area contributed by atoms with Gasteiger partial charge in [0.2, 0.25) is 0 Å². The number of carbonyl (C=O) groups excluding carboxylic acids is 1. The van der Waals surface area contributed by atoms with Crippen molar-refractivity contribution in [3.05, 3.63) is 126 Å². The summed E-state index contributed by atoms with van der Waals surface area (Å²) in [5.41, 5.74) is 4.43. The molecule has 1 atom stereocenters. The van der Waals surface area contributed by atoms with Crippen molar-refractivity contribution in [3.8, 4) is 11.5 Å². The Labute approximate surface area is 242 Å². The summed E-state index contributed by atoms with van der Waals surface area (Å²) < 4.78 is 19.4. The Morgan fingerprint density at radius 1 is 0.951 bits per heavy atom. The minimum Gasteiger partial charge on any atom is -0.490 e. The molecule has 0 saturated heterocycles. The van der Waals surface area contributed by atoms with Crippen LogP contribution in [0.4, 0.5) is 0 Å². The van der Waals surface area contributed by atoms with Crippen LogP contribution in [-0.2, 0) is 16.1 Å². The van der Waals surface area contributed by atoms with Gasteiger partial charge >= 0.3 is 5.97 Å². The van der Waals surface area contributed by atoms with Crippen LogP contribution in [0.1, 0.15) is 49.1 Å². The number of aryl methyl sites for hydroxylation is 1. The number of thiazole rings is 1. The van der Waals surface area contributed by atoms with Crippen molar-refractivity contribution in [1.82, 2.24) is 4.57 Å². The molecule has 2 heterocycles. The predicted molar refractivity (Wildman–Crippen MR) is 160 cm³/mol. The number of ether oxygens (including phenoxy) is 3. The molecule has 3 aromatic carbocycles. The highest BCUT2D eigenvalue weighted by Gasteiger charge is 2.33. The molecule has 0 amide bonds. The highest BCUT2D eigenvalue weighted by molar-refractivity contribution is 7.07. The molecule has 0 aliphatic carbocycles. The van der Waals surface area contributed by atoms with E-state index in [2.05, 4.69) is 4.99 Å². The Balaban J connectivity index is 1.56. The molecule has 1 aliphatic heterocycles. The van der Waals surface area contributed by atoms with Crippen molar-refractivity contribution in [2.24, 2.45) is 4.99 Å². The number of fused-ring (bicyclic) bond motifs is 1. The molecular formula is C33H32N2O5S. The molecule has 1 aliphatic rings. The van der Waals surface area contributed by atoms with Crippen molar-refractivity contribution in [2.75, 3.05) is 13.2 Å². The molecule has 0 spiro atoms. The molecular weight excluding hydrogens is 536 g/mol. The molecule has 5 rings (SSSR count). The van der Waals surface area contributed by atoms with E-state index >= 15 is 0 Å². The van der Waals surface area contributed by atoms with Crippen LogP contribution in [0.2, 0.25) is 0 Å². The van der Waals surface area contributed by atoms with Crippen LogP contribution in [-0.4, -0.2) is 23.8 Å². The minimum absolute atomic E-state index is 0.226. The van der Waals surface area contributed by atoms with Crippen LogP contribution in [0, 0.1) is 6.92 Å². The van der Waals surface area contributed by atoms with E-state index in [0.29, 0.717) is 45.3 Å². The normalized spacial score (nSPS) is 14.8. The number of hydrogen-bond donors (Lipinski definition) is 0. The van der Waals surface area contributed by atoms with E-state index in [9.17, 15) is 9.59 Å². The van der Waals surface area contributed by atoms with Gasteiger partial charge in [-0.3, -0.25) is 9.36 Å². The molecule has 8 heteroatoms. The highest BCUT2D eigenvalue weighted by atomic mass is 32.1. The lowest BCUT2D eigenvalue weighted by Gasteiger charge is -2.24. The van der Waals surface area contributed by atoms with Crippen LogP contribution in [0.15, 0.2) is 93.9 Å². The van der Waals surface area contributed by atoms with Crippen LogP contribution >= 0.6 is 11.3 Å². The lowest BCUT2D eigenvalue weighted by molar-refractivity contribution is -0.139. The molecule has 4 aromatic rings. The Morgan fingerprint density at radius 3 is 2.41 bits per heavy atom. The quantitative estimate of drug-likeness (QED) is 0.263. The van der Waals surface area contributed by atoms with Crippen LogP contribution in [0.3, 0.4) is 0 Å². The number of aromatic nitrogens is 1. The van der Waals surface area contributed by atoms with E-state index in [1.807, 2.05) is 92.7 Å². The van der Waals surface area contributed by atoms with Gasteiger partial charge in [-0.2, -0.15) is 0 Å². The first-order chi connectivity index (χ1) is 19.9. The van der Waals surface area contributed by atoms with Gasteiger partial charge in [-0.1, -0.05) is 77.6 Å². The fourth-order valence-corrected chi connectivity index (χ4v) is 5.79. The third kappa shape index (κ3) is 6.02. The van der Waals surface area contributed by atoms with Crippen molar-refractivity contribution in [1.29, 1.82) is 0 Å². The predicted octanol–water partition coefficient (Wildman–Crippen LogP) is 5.08. The van der Waals surface area contributed by atoms with Gasteiger partial charge in [-0.25, -0.2) is 9.79 Å². The second-order valence-electron chi connectivity index (χ2n) is 9.63. The summed E-state index contributed by atoms with van der Waals surface area (Å²) in [7, 11) is 0. The third-order valence-corrected chi connectivity index (χ3v) is 7.70. The number of esters is 1. The van der Waals surface area contributed by atoms with Crippen LogP contribution < -0.4 is 24.4 Å². The molecule has 7 nitrogen and oxygen atoms in total. The fourth-order valence-electron chi connectivity index (χ4n) is 4.74. The minimum atomic E-state index is -0.638. The number of rotatable bonds is 9. The summed E-state index contributed by atoms with van der Waals surface area (Å²) in [6, 6.07) is 22.7. The lowest BCUT2D eigenvalue weighted by atomic mass is 9.95. The van der Waals surface area contributed by atoms with Crippen LogP contribution in [0.5, 0.6) is 11.5 Å². The Morgan fingerprint density at radius 2 is 1.71 bits per heavy atom. The van der Waals surface area contributed by atoms with Gasteiger partial charge in [0.05, 0.1) is 35.1 Å². The summed E-state index contributed by atoms with van der Waals surface area (Å²) in [6.45, 7) is 8.58. The van der Waals surface area contributed by atoms with Gasteiger partial charge in [0.25, 0.3) is 5.56 Å². The molecule has 0 fully saturated rings. The lowest BCUT2D eigenvalue weighted by Crippen LogP contribution is -2.39. The summed E-state index contributed by atoms with van der Waals surface area (Å²) in [6.07, 6.45) is 1.82. The zero-order chi connectivity index (χ0) is 28.9. The first kappa shape index (κ1) is 28.1. The zero-order valence-corrected chi connectivity index (χ0v) is 24.4. The largest absolute Gasteiger partial charge is 0.490 e. The smallest absolute Gasteiger partial charge is 0.338 e. The van der Waals surface area contributed by atoms with Crippen molar-refractivity contribution in [3.63, 3.8) is 0 Å². The van der Waals surface area contributed by atoms with Crippen molar-refractivity contribution >= 4 is 23.4 Å². The second-order valence-corrected chi connectivity index (χ2v) is 10.6. The van der Waals surface area contributed by atoms with E-state index in [1.54, 1.807) is 18.4 Å². The van der Waals surface area contributed by atoms with E-state index in [0.717, 1.165) is 22.3 Å². The summed E-state index contributed by atoms with van der Waals surface area (Å²) in [5.74, 6) is 0.757. The molecule has 41 heavy (non-hydrogen) atoms. The number of carbonyl (C=O) groups is 1. The fraction of sp³-hybridized carbons (Fsp3) is 0.242. The van der Waals surface area contributed by atoms with Crippen LogP contribution in [0.25, 0.3) is 6.08 Å². The molecule has 210 valence electrons. The summed E-state index contributed by atoms with van der Waals surface area (Å²) >= 11 is 1.29. The average molecular weight is 569 g/mol. The maximum atomic E-state index is 13.9. The van der Waals surface area contributed by atoms with Gasteiger partial charge in [0.15, 0.2) is 16.3 Å². The van der Waals surface area contributed by atoms with Gasteiger partial charge in [0.1, 0.15) is 6.61 Å². The molecule has 0 saturated carbocycles. The standard InChI is InChI=1S/C33H32N2O5S/c1-5-38-27-18-24(14-17-26(27)40-20-23-10-8-7-9-11-23)19-28-31(36)35-30(25-15-12-21(3)13-16-25)29(32(37)39-6-2)22(4)34-33(35)41-28/h7-19,30H,5-6,20H2,1-4H3/b28-19-/t30-/m0/s1. The van der Waals surface area contributed by atoms with E-state index in [1.165, 1.54) is 11.3 Å². The van der Waals surface area contributed by atoms with Gasteiger partial charge in [-0.15, -0.1) is 0 Å². The number of nitrogens with zero attached hydrogens (tertiary/aromatic N) is 2. The zero-order valence-electron chi connectivity index (χ0n) is 23.5. The maximum Gasteiger partial charge on any atom is 0.338 e. The SMILES string of the molecule is CCOC(=O)C1=C(C)N=c2s/c(=C\c3ccc(OCc4ccccc4)c(OCC)c3)c(=O)n2[C@H]1c1ccc(C)cc1. The van der Waals surface area contributed by atoms with E-state index in [4.69, 9.17) is 14.2 Å². The second kappa shape index (κ2) is 12.4. The third-order valence-electron chi connectivity index (χ3n) is 6.71. The Hall–Kier alpha value is -4.43. The first-order valence-corrected chi connectivity index (χ1v) is 14.4.